The lowest BCUT2D eigenvalue weighted by molar-refractivity contribution is -0.0580. The standard InChI is InChI=1S/C21H20BrN5O/c22-16-13-24-18(19-2-1-15-9-14(11-23)12-25-27(15)19)10-17(16)26-20-3-6-21(28,7-4-20)8-5-20/h1-2,9-10,12-13,28H,3-8H2,(H,24,26). The molecule has 3 aliphatic carbocycles. The number of fused-ring (bicyclic) bond motifs is 4. The van der Waals surface area contributed by atoms with E-state index >= 15 is 0 Å². The predicted molar refractivity (Wildman–Crippen MR) is 110 cm³/mol. The SMILES string of the molecule is N#Cc1cnn2c(-c3cc(NC45CCC(O)(CC4)CC5)c(Br)cn3)ccc2c1. The van der Waals surface area contributed by atoms with Crippen molar-refractivity contribution in [1.82, 2.24) is 14.6 Å². The third kappa shape index (κ3) is 2.88. The van der Waals surface area contributed by atoms with Gasteiger partial charge >= 0.3 is 0 Å². The Labute approximate surface area is 171 Å². The molecular formula is C21H20BrN5O. The smallest absolute Gasteiger partial charge is 0.101 e. The van der Waals surface area contributed by atoms with E-state index in [2.05, 4.69) is 43.5 Å². The molecule has 0 spiro atoms. The van der Waals surface area contributed by atoms with Crippen LogP contribution in [0.15, 0.2) is 41.1 Å². The van der Waals surface area contributed by atoms with Gasteiger partial charge in [0.25, 0.3) is 0 Å². The third-order valence-corrected chi connectivity index (χ3v) is 6.99. The lowest BCUT2D eigenvalue weighted by Gasteiger charge is -2.51. The van der Waals surface area contributed by atoms with Gasteiger partial charge in [0.2, 0.25) is 0 Å². The molecular weight excluding hydrogens is 418 g/mol. The summed E-state index contributed by atoms with van der Waals surface area (Å²) >= 11 is 3.63. The van der Waals surface area contributed by atoms with E-state index in [0.29, 0.717) is 5.56 Å². The van der Waals surface area contributed by atoms with Crippen molar-refractivity contribution in [3.05, 3.63) is 46.7 Å². The van der Waals surface area contributed by atoms with Gasteiger partial charge in [-0.2, -0.15) is 10.4 Å². The Morgan fingerprint density at radius 3 is 2.57 bits per heavy atom. The number of halogens is 1. The molecule has 0 amide bonds. The van der Waals surface area contributed by atoms with Crippen LogP contribution in [0, 0.1) is 11.3 Å². The predicted octanol–water partition coefficient (Wildman–Crippen LogP) is 4.28. The molecule has 3 aromatic rings. The molecule has 3 heterocycles. The van der Waals surface area contributed by atoms with Gasteiger partial charge in [0.05, 0.1) is 44.4 Å². The Morgan fingerprint density at radius 2 is 1.86 bits per heavy atom. The number of nitrogens with one attached hydrogen (secondary N) is 1. The molecule has 3 aliphatic rings. The van der Waals surface area contributed by atoms with Gasteiger partial charge in [-0.15, -0.1) is 0 Å². The molecule has 6 rings (SSSR count). The average molecular weight is 438 g/mol. The maximum Gasteiger partial charge on any atom is 0.101 e. The van der Waals surface area contributed by atoms with E-state index in [9.17, 15) is 5.11 Å². The molecule has 7 heteroatoms. The summed E-state index contributed by atoms with van der Waals surface area (Å²) in [6, 6.07) is 9.91. The van der Waals surface area contributed by atoms with Crippen LogP contribution in [-0.4, -0.2) is 30.8 Å². The summed E-state index contributed by atoms with van der Waals surface area (Å²) in [5.74, 6) is 0. The van der Waals surface area contributed by atoms with Crippen molar-refractivity contribution in [2.75, 3.05) is 5.32 Å². The maximum absolute atomic E-state index is 10.5. The number of nitriles is 1. The van der Waals surface area contributed by atoms with Crippen molar-refractivity contribution in [2.24, 2.45) is 0 Å². The van der Waals surface area contributed by atoms with Gasteiger partial charge in [0, 0.05) is 11.7 Å². The van der Waals surface area contributed by atoms with Gasteiger partial charge < -0.3 is 10.4 Å². The normalized spacial score (nSPS) is 26.3. The van der Waals surface area contributed by atoms with Crippen LogP contribution >= 0.6 is 15.9 Å². The fourth-order valence-electron chi connectivity index (χ4n) is 4.57. The molecule has 0 atom stereocenters. The molecule has 2 bridgehead atoms. The lowest BCUT2D eigenvalue weighted by atomic mass is 9.63. The van der Waals surface area contributed by atoms with Gasteiger partial charge in [0.15, 0.2) is 0 Å². The number of hydrogen-bond acceptors (Lipinski definition) is 5. The first-order chi connectivity index (χ1) is 13.5. The molecule has 0 aromatic carbocycles. The van der Waals surface area contributed by atoms with E-state index < -0.39 is 5.60 Å². The highest BCUT2D eigenvalue weighted by atomic mass is 79.9. The van der Waals surface area contributed by atoms with Gasteiger partial charge in [0.1, 0.15) is 6.07 Å². The molecule has 0 saturated heterocycles. The minimum atomic E-state index is -0.442. The van der Waals surface area contributed by atoms with E-state index in [1.54, 1.807) is 10.7 Å². The molecule has 0 aliphatic heterocycles. The molecule has 3 saturated carbocycles. The Kier molecular flexibility index (Phi) is 3.97. The van der Waals surface area contributed by atoms with Crippen LogP contribution in [0.5, 0.6) is 0 Å². The zero-order chi connectivity index (χ0) is 19.4. The monoisotopic (exact) mass is 437 g/mol. The van der Waals surface area contributed by atoms with Gasteiger partial charge in [-0.05, 0) is 78.7 Å². The Balaban J connectivity index is 1.49. The van der Waals surface area contributed by atoms with Gasteiger partial charge in [-0.3, -0.25) is 4.98 Å². The topological polar surface area (TPSA) is 86.2 Å². The number of anilines is 1. The number of aliphatic hydroxyl groups is 1. The summed E-state index contributed by atoms with van der Waals surface area (Å²) < 4.78 is 2.73. The van der Waals surface area contributed by atoms with Crippen molar-refractivity contribution in [1.29, 1.82) is 5.26 Å². The molecule has 6 nitrogen and oxygen atoms in total. The van der Waals surface area contributed by atoms with Gasteiger partial charge in [-0.1, -0.05) is 0 Å². The second-order valence-electron chi connectivity index (χ2n) is 8.09. The fraction of sp³-hybridized carbons (Fsp3) is 0.381. The van der Waals surface area contributed by atoms with Crippen molar-refractivity contribution < 1.29 is 5.11 Å². The van der Waals surface area contributed by atoms with E-state index in [1.165, 1.54) is 0 Å². The summed E-state index contributed by atoms with van der Waals surface area (Å²) in [7, 11) is 0. The van der Waals surface area contributed by atoms with Crippen molar-refractivity contribution >= 4 is 27.1 Å². The number of nitrogens with zero attached hydrogens (tertiary/aromatic N) is 4. The molecule has 3 fully saturated rings. The van der Waals surface area contributed by atoms with Crippen molar-refractivity contribution in [3.8, 4) is 17.5 Å². The minimum Gasteiger partial charge on any atom is -0.390 e. The van der Waals surface area contributed by atoms with E-state index in [-0.39, 0.29) is 5.54 Å². The van der Waals surface area contributed by atoms with Crippen LogP contribution in [0.4, 0.5) is 5.69 Å². The molecule has 142 valence electrons. The second-order valence-corrected chi connectivity index (χ2v) is 8.94. The Morgan fingerprint density at radius 1 is 1.11 bits per heavy atom. The molecule has 28 heavy (non-hydrogen) atoms. The maximum atomic E-state index is 10.5. The van der Waals surface area contributed by atoms with E-state index in [1.807, 2.05) is 24.4 Å². The summed E-state index contributed by atoms with van der Waals surface area (Å²) in [6.45, 7) is 0. The van der Waals surface area contributed by atoms with Crippen molar-refractivity contribution in [2.45, 2.75) is 49.7 Å². The summed E-state index contributed by atoms with van der Waals surface area (Å²) in [4.78, 5) is 4.58. The van der Waals surface area contributed by atoms with Gasteiger partial charge in [-0.25, -0.2) is 4.52 Å². The lowest BCUT2D eigenvalue weighted by Crippen LogP contribution is -2.53. The van der Waals surface area contributed by atoms with E-state index in [4.69, 9.17) is 5.26 Å². The number of aromatic nitrogens is 3. The number of hydrogen-bond donors (Lipinski definition) is 2. The summed E-state index contributed by atoms with van der Waals surface area (Å²) in [6.07, 6.45) is 8.94. The summed E-state index contributed by atoms with van der Waals surface area (Å²) in [5, 5.41) is 27.7. The molecule has 0 radical (unpaired) electrons. The number of rotatable bonds is 3. The first kappa shape index (κ1) is 17.7. The summed E-state index contributed by atoms with van der Waals surface area (Å²) in [5.41, 5.74) is 3.73. The molecule has 3 aromatic heterocycles. The molecule has 2 N–H and O–H groups in total. The first-order valence-electron chi connectivity index (χ1n) is 9.54. The van der Waals surface area contributed by atoms with Crippen LogP contribution in [0.3, 0.4) is 0 Å². The zero-order valence-corrected chi connectivity index (χ0v) is 16.9. The fourth-order valence-corrected chi connectivity index (χ4v) is 4.88. The Hall–Kier alpha value is -2.43. The van der Waals surface area contributed by atoms with Crippen LogP contribution in [0.1, 0.15) is 44.1 Å². The van der Waals surface area contributed by atoms with Crippen LogP contribution in [-0.2, 0) is 0 Å². The van der Waals surface area contributed by atoms with Crippen LogP contribution < -0.4 is 5.32 Å². The van der Waals surface area contributed by atoms with Crippen molar-refractivity contribution in [3.63, 3.8) is 0 Å². The van der Waals surface area contributed by atoms with E-state index in [0.717, 1.165) is 65.6 Å². The second kappa shape index (κ2) is 6.29. The largest absolute Gasteiger partial charge is 0.390 e. The van der Waals surface area contributed by atoms with Crippen LogP contribution in [0.2, 0.25) is 0 Å². The highest BCUT2D eigenvalue weighted by Crippen LogP contribution is 2.48. The number of pyridine rings is 1. The quantitative estimate of drug-likeness (QED) is 0.638. The first-order valence-corrected chi connectivity index (χ1v) is 10.3. The average Bonchev–Trinajstić information content (AvgIpc) is 3.14. The molecule has 0 unspecified atom stereocenters. The zero-order valence-electron chi connectivity index (χ0n) is 15.3. The van der Waals surface area contributed by atoms with Crippen LogP contribution in [0.25, 0.3) is 16.9 Å². The Bertz CT molecular complexity index is 1090. The highest BCUT2D eigenvalue weighted by molar-refractivity contribution is 9.10. The minimum absolute atomic E-state index is 0.0484. The third-order valence-electron chi connectivity index (χ3n) is 6.35. The highest BCUT2D eigenvalue weighted by Gasteiger charge is 2.47.